The van der Waals surface area contributed by atoms with Crippen LogP contribution >= 0.6 is 0 Å². The van der Waals surface area contributed by atoms with Gasteiger partial charge in [0.25, 0.3) is 0 Å². The quantitative estimate of drug-likeness (QED) is 0.726. The second-order valence-corrected chi connectivity index (χ2v) is 5.03. The standard InChI is InChI=1S/C12H21NO4/c1-8(2)6-7-9(10(14)15)13-11(16)17-12(3,4)5/h9H,1,6-7H2,2-5H3,(H,13,16)(H,14,15). The van der Waals surface area contributed by atoms with Gasteiger partial charge >= 0.3 is 12.1 Å². The molecule has 0 aliphatic heterocycles. The number of amides is 1. The van der Waals surface area contributed by atoms with Gasteiger partial charge in [0.2, 0.25) is 0 Å². The van der Waals surface area contributed by atoms with Crippen LogP contribution in [-0.2, 0) is 9.53 Å². The normalized spacial score (nSPS) is 12.7. The molecule has 5 nitrogen and oxygen atoms in total. The average molecular weight is 243 g/mol. The van der Waals surface area contributed by atoms with Gasteiger partial charge < -0.3 is 15.2 Å². The maximum Gasteiger partial charge on any atom is 0.408 e. The molecule has 1 amide bonds. The summed E-state index contributed by atoms with van der Waals surface area (Å²) in [6, 6.07) is -0.943. The Hall–Kier alpha value is -1.52. The second kappa shape index (κ2) is 6.27. The van der Waals surface area contributed by atoms with Crippen molar-refractivity contribution in [3.05, 3.63) is 12.2 Å². The second-order valence-electron chi connectivity index (χ2n) is 5.03. The van der Waals surface area contributed by atoms with Crippen LogP contribution in [0.5, 0.6) is 0 Å². The lowest BCUT2D eigenvalue weighted by Crippen LogP contribution is -2.43. The Balaban J connectivity index is 4.30. The lowest BCUT2D eigenvalue weighted by molar-refractivity contribution is -0.139. The van der Waals surface area contributed by atoms with Crippen molar-refractivity contribution >= 4 is 12.1 Å². The number of ether oxygens (including phenoxy) is 1. The van der Waals surface area contributed by atoms with Crippen molar-refractivity contribution < 1.29 is 19.4 Å². The number of hydrogen-bond donors (Lipinski definition) is 2. The van der Waals surface area contributed by atoms with Gasteiger partial charge in [-0.05, 0) is 40.5 Å². The first-order valence-electron chi connectivity index (χ1n) is 5.48. The third kappa shape index (κ3) is 8.30. The van der Waals surface area contributed by atoms with E-state index in [0.29, 0.717) is 12.8 Å². The Labute approximate surface area is 102 Å². The van der Waals surface area contributed by atoms with Gasteiger partial charge in [-0.15, -0.1) is 6.58 Å². The first kappa shape index (κ1) is 15.5. The van der Waals surface area contributed by atoms with Gasteiger partial charge in [0, 0.05) is 0 Å². The fourth-order valence-electron chi connectivity index (χ4n) is 1.10. The van der Waals surface area contributed by atoms with Crippen LogP contribution in [0.3, 0.4) is 0 Å². The molecule has 0 aromatic carbocycles. The number of carbonyl (C=O) groups is 2. The van der Waals surface area contributed by atoms with E-state index >= 15 is 0 Å². The molecule has 0 aromatic heterocycles. The summed E-state index contributed by atoms with van der Waals surface area (Å²) in [7, 11) is 0. The van der Waals surface area contributed by atoms with E-state index < -0.39 is 23.7 Å². The van der Waals surface area contributed by atoms with E-state index in [1.54, 1.807) is 20.8 Å². The molecule has 0 bridgehead atoms. The zero-order valence-electron chi connectivity index (χ0n) is 10.9. The predicted molar refractivity (Wildman–Crippen MR) is 64.8 cm³/mol. The molecule has 0 aliphatic carbocycles. The highest BCUT2D eigenvalue weighted by molar-refractivity contribution is 5.79. The number of alkyl carbamates (subject to hydrolysis) is 1. The van der Waals surface area contributed by atoms with Gasteiger partial charge in [-0.25, -0.2) is 9.59 Å². The van der Waals surface area contributed by atoms with Crippen LogP contribution in [0.25, 0.3) is 0 Å². The number of carboxylic acid groups (broad SMARTS) is 1. The molecular weight excluding hydrogens is 222 g/mol. The zero-order valence-corrected chi connectivity index (χ0v) is 10.9. The van der Waals surface area contributed by atoms with Crippen molar-refractivity contribution in [2.45, 2.75) is 52.2 Å². The zero-order chi connectivity index (χ0) is 13.6. The summed E-state index contributed by atoms with van der Waals surface area (Å²) >= 11 is 0. The van der Waals surface area contributed by atoms with Crippen molar-refractivity contribution in [1.82, 2.24) is 5.32 Å². The number of hydrogen-bond acceptors (Lipinski definition) is 3. The highest BCUT2D eigenvalue weighted by Gasteiger charge is 2.23. The molecule has 98 valence electrons. The van der Waals surface area contributed by atoms with E-state index in [9.17, 15) is 9.59 Å². The smallest absolute Gasteiger partial charge is 0.408 e. The van der Waals surface area contributed by atoms with E-state index in [4.69, 9.17) is 9.84 Å². The highest BCUT2D eigenvalue weighted by Crippen LogP contribution is 2.09. The summed E-state index contributed by atoms with van der Waals surface area (Å²) in [6.45, 7) is 10.7. The number of nitrogens with one attached hydrogen (secondary N) is 1. The van der Waals surface area contributed by atoms with Gasteiger partial charge in [0.05, 0.1) is 0 Å². The maximum absolute atomic E-state index is 11.4. The summed E-state index contributed by atoms with van der Waals surface area (Å²) in [5.41, 5.74) is 0.240. The molecule has 2 N–H and O–H groups in total. The Morgan fingerprint density at radius 1 is 1.41 bits per heavy atom. The third-order valence-electron chi connectivity index (χ3n) is 1.85. The van der Waals surface area contributed by atoms with Crippen LogP contribution in [0.4, 0.5) is 4.79 Å². The van der Waals surface area contributed by atoms with Gasteiger partial charge in [-0.2, -0.15) is 0 Å². The van der Waals surface area contributed by atoms with Crippen molar-refractivity contribution in [2.75, 3.05) is 0 Å². The van der Waals surface area contributed by atoms with Crippen LogP contribution in [0, 0.1) is 0 Å². The van der Waals surface area contributed by atoms with Crippen molar-refractivity contribution in [2.24, 2.45) is 0 Å². The topological polar surface area (TPSA) is 75.6 Å². The molecule has 0 saturated carbocycles. The minimum absolute atomic E-state index is 0.309. The van der Waals surface area contributed by atoms with E-state index in [-0.39, 0.29) is 0 Å². The van der Waals surface area contributed by atoms with E-state index in [2.05, 4.69) is 11.9 Å². The van der Waals surface area contributed by atoms with Crippen LogP contribution < -0.4 is 5.32 Å². The molecule has 0 radical (unpaired) electrons. The molecule has 0 spiro atoms. The molecular formula is C12H21NO4. The Kier molecular flexibility index (Phi) is 5.71. The number of carboxylic acids is 1. The molecule has 0 aromatic rings. The molecule has 1 atom stereocenters. The average Bonchev–Trinajstić information content (AvgIpc) is 2.08. The fraction of sp³-hybridized carbons (Fsp3) is 0.667. The molecule has 0 fully saturated rings. The Morgan fingerprint density at radius 2 is 1.94 bits per heavy atom. The summed E-state index contributed by atoms with van der Waals surface area (Å²) in [6.07, 6.45) is 0.142. The number of allylic oxidation sites excluding steroid dienone is 1. The van der Waals surface area contributed by atoms with Gasteiger partial charge in [0.1, 0.15) is 11.6 Å². The largest absolute Gasteiger partial charge is 0.480 e. The third-order valence-corrected chi connectivity index (χ3v) is 1.85. The van der Waals surface area contributed by atoms with E-state index in [1.165, 1.54) is 0 Å². The van der Waals surface area contributed by atoms with Crippen LogP contribution in [0.15, 0.2) is 12.2 Å². The SMILES string of the molecule is C=C(C)CCC(NC(=O)OC(C)(C)C)C(=O)O. The fourth-order valence-corrected chi connectivity index (χ4v) is 1.10. The lowest BCUT2D eigenvalue weighted by atomic mass is 10.1. The first-order valence-corrected chi connectivity index (χ1v) is 5.48. The van der Waals surface area contributed by atoms with Crippen LogP contribution in [-0.4, -0.2) is 28.8 Å². The summed E-state index contributed by atoms with van der Waals surface area (Å²) in [4.78, 5) is 22.3. The Bertz CT molecular complexity index is 304. The van der Waals surface area contributed by atoms with Crippen molar-refractivity contribution in [3.63, 3.8) is 0 Å². The monoisotopic (exact) mass is 243 g/mol. The minimum Gasteiger partial charge on any atom is -0.480 e. The molecule has 1 unspecified atom stereocenters. The first-order chi connectivity index (χ1) is 7.61. The Morgan fingerprint density at radius 3 is 2.29 bits per heavy atom. The van der Waals surface area contributed by atoms with Gasteiger partial charge in [0.15, 0.2) is 0 Å². The molecule has 0 rings (SSSR count). The highest BCUT2D eigenvalue weighted by atomic mass is 16.6. The van der Waals surface area contributed by atoms with Gasteiger partial charge in [-0.1, -0.05) is 5.57 Å². The molecule has 17 heavy (non-hydrogen) atoms. The maximum atomic E-state index is 11.4. The summed E-state index contributed by atoms with van der Waals surface area (Å²) in [5.74, 6) is -1.07. The molecule has 0 heterocycles. The van der Waals surface area contributed by atoms with E-state index in [1.807, 2.05) is 6.92 Å². The predicted octanol–water partition coefficient (Wildman–Crippen LogP) is 2.32. The number of carbonyl (C=O) groups excluding carboxylic acids is 1. The van der Waals surface area contributed by atoms with E-state index in [0.717, 1.165) is 5.57 Å². The number of aliphatic carboxylic acids is 1. The summed E-state index contributed by atoms with van der Waals surface area (Å²) in [5, 5.41) is 11.3. The molecule has 5 heteroatoms. The summed E-state index contributed by atoms with van der Waals surface area (Å²) < 4.78 is 4.99. The minimum atomic E-state index is -1.07. The van der Waals surface area contributed by atoms with Gasteiger partial charge in [-0.3, -0.25) is 0 Å². The molecule has 0 saturated heterocycles. The lowest BCUT2D eigenvalue weighted by Gasteiger charge is -2.22. The number of rotatable bonds is 5. The van der Waals surface area contributed by atoms with Crippen molar-refractivity contribution in [3.8, 4) is 0 Å². The molecule has 0 aliphatic rings. The van der Waals surface area contributed by atoms with Crippen molar-refractivity contribution in [1.29, 1.82) is 0 Å². The van der Waals surface area contributed by atoms with Crippen LogP contribution in [0.2, 0.25) is 0 Å². The van der Waals surface area contributed by atoms with Crippen LogP contribution in [0.1, 0.15) is 40.5 Å².